The molecule has 0 atom stereocenters. The molecule has 2 amide bonds. The SMILES string of the molecule is Cc1nn(-c2ccccc2)c2sc(C(=O)Nc3cccc(C(N)=O)c3)cc12. The van der Waals surface area contributed by atoms with E-state index in [1.165, 1.54) is 11.3 Å². The van der Waals surface area contributed by atoms with Crippen molar-refractivity contribution in [2.24, 2.45) is 5.73 Å². The number of carbonyl (C=O) groups is 2. The largest absolute Gasteiger partial charge is 0.366 e. The minimum absolute atomic E-state index is 0.239. The van der Waals surface area contributed by atoms with Crippen molar-refractivity contribution in [1.29, 1.82) is 0 Å². The van der Waals surface area contributed by atoms with Crippen molar-refractivity contribution in [3.05, 3.63) is 76.8 Å². The molecular weight excluding hydrogens is 360 g/mol. The molecule has 2 heterocycles. The molecule has 6 nitrogen and oxygen atoms in total. The molecule has 0 aliphatic heterocycles. The average molecular weight is 376 g/mol. The van der Waals surface area contributed by atoms with Gasteiger partial charge in [-0.25, -0.2) is 4.68 Å². The van der Waals surface area contributed by atoms with Gasteiger partial charge in [0, 0.05) is 16.6 Å². The van der Waals surface area contributed by atoms with Crippen molar-refractivity contribution in [3.8, 4) is 5.69 Å². The molecule has 0 aliphatic rings. The highest BCUT2D eigenvalue weighted by molar-refractivity contribution is 7.20. The van der Waals surface area contributed by atoms with Crippen molar-refractivity contribution in [2.75, 3.05) is 5.32 Å². The van der Waals surface area contributed by atoms with E-state index in [-0.39, 0.29) is 5.91 Å². The summed E-state index contributed by atoms with van der Waals surface area (Å²) >= 11 is 1.37. The van der Waals surface area contributed by atoms with Crippen LogP contribution in [-0.2, 0) is 0 Å². The zero-order valence-corrected chi connectivity index (χ0v) is 15.3. The quantitative estimate of drug-likeness (QED) is 0.568. The van der Waals surface area contributed by atoms with Crippen molar-refractivity contribution in [3.63, 3.8) is 0 Å². The molecule has 134 valence electrons. The lowest BCUT2D eigenvalue weighted by atomic mass is 10.2. The van der Waals surface area contributed by atoms with E-state index in [9.17, 15) is 9.59 Å². The van der Waals surface area contributed by atoms with Gasteiger partial charge in [0.2, 0.25) is 5.91 Å². The summed E-state index contributed by atoms with van der Waals surface area (Å²) < 4.78 is 1.85. The fourth-order valence-corrected chi connectivity index (χ4v) is 3.92. The van der Waals surface area contributed by atoms with Gasteiger partial charge >= 0.3 is 0 Å². The zero-order chi connectivity index (χ0) is 19.0. The number of hydrogen-bond acceptors (Lipinski definition) is 4. The number of fused-ring (bicyclic) bond motifs is 1. The number of amides is 2. The standard InChI is InChI=1S/C20H16N4O2S/c1-12-16-11-17(19(26)22-14-7-5-6-13(10-14)18(21)25)27-20(16)24(23-12)15-8-3-2-4-9-15/h2-11H,1H3,(H2,21,25)(H,22,26). The summed E-state index contributed by atoms with van der Waals surface area (Å²) in [6, 6.07) is 18.2. The number of anilines is 1. The van der Waals surface area contributed by atoms with E-state index in [1.54, 1.807) is 24.3 Å². The van der Waals surface area contributed by atoms with Crippen LogP contribution in [0.1, 0.15) is 25.7 Å². The molecule has 0 saturated heterocycles. The van der Waals surface area contributed by atoms with Gasteiger partial charge in [-0.1, -0.05) is 24.3 Å². The van der Waals surface area contributed by atoms with E-state index in [2.05, 4.69) is 10.4 Å². The molecule has 4 aromatic rings. The van der Waals surface area contributed by atoms with Crippen LogP contribution >= 0.6 is 11.3 Å². The molecule has 0 saturated carbocycles. The lowest BCUT2D eigenvalue weighted by molar-refractivity contribution is 0.0996. The average Bonchev–Trinajstić information content (AvgIpc) is 3.23. The van der Waals surface area contributed by atoms with Crippen LogP contribution in [0, 0.1) is 6.92 Å². The lowest BCUT2D eigenvalue weighted by Crippen LogP contribution is -2.13. The summed E-state index contributed by atoms with van der Waals surface area (Å²) in [4.78, 5) is 25.5. The third-order valence-corrected chi connectivity index (χ3v) is 5.28. The van der Waals surface area contributed by atoms with Gasteiger partial charge in [-0.05, 0) is 43.3 Å². The number of aryl methyl sites for hydroxylation is 1. The van der Waals surface area contributed by atoms with E-state index < -0.39 is 5.91 Å². The third-order valence-electron chi connectivity index (χ3n) is 4.17. The van der Waals surface area contributed by atoms with Crippen LogP contribution in [0.15, 0.2) is 60.7 Å². The highest BCUT2D eigenvalue weighted by Crippen LogP contribution is 2.30. The number of nitrogens with zero attached hydrogens (tertiary/aromatic N) is 2. The Bertz CT molecular complexity index is 1160. The molecule has 7 heteroatoms. The second kappa shape index (κ2) is 6.69. The molecular formula is C20H16N4O2S. The molecule has 0 spiro atoms. The minimum Gasteiger partial charge on any atom is -0.366 e. The molecule has 0 bridgehead atoms. The number of rotatable bonds is 4. The molecule has 0 radical (unpaired) electrons. The Morgan fingerprint density at radius 1 is 1.07 bits per heavy atom. The summed E-state index contributed by atoms with van der Waals surface area (Å²) in [6.45, 7) is 1.92. The maximum atomic E-state index is 12.7. The topological polar surface area (TPSA) is 90.0 Å². The van der Waals surface area contributed by atoms with E-state index in [1.807, 2.05) is 48.0 Å². The predicted octanol–water partition coefficient (Wildman–Crippen LogP) is 3.75. The maximum Gasteiger partial charge on any atom is 0.265 e. The van der Waals surface area contributed by atoms with E-state index in [4.69, 9.17) is 5.73 Å². The first-order chi connectivity index (χ1) is 13.0. The summed E-state index contributed by atoms with van der Waals surface area (Å²) in [7, 11) is 0. The molecule has 4 rings (SSSR count). The van der Waals surface area contributed by atoms with Crippen molar-refractivity contribution in [1.82, 2.24) is 9.78 Å². The van der Waals surface area contributed by atoms with Crippen LogP contribution in [0.5, 0.6) is 0 Å². The van der Waals surface area contributed by atoms with Crippen molar-refractivity contribution < 1.29 is 9.59 Å². The molecule has 0 aliphatic carbocycles. The van der Waals surface area contributed by atoms with Gasteiger partial charge in [-0.2, -0.15) is 5.10 Å². The molecule has 0 fully saturated rings. The second-order valence-electron chi connectivity index (χ2n) is 6.06. The summed E-state index contributed by atoms with van der Waals surface area (Å²) in [5.74, 6) is -0.775. The van der Waals surface area contributed by atoms with Gasteiger partial charge < -0.3 is 11.1 Å². The molecule has 0 unspecified atom stereocenters. The number of nitrogens with one attached hydrogen (secondary N) is 1. The number of nitrogens with two attached hydrogens (primary N) is 1. The van der Waals surface area contributed by atoms with Crippen LogP contribution in [0.25, 0.3) is 15.9 Å². The fourth-order valence-electron chi connectivity index (χ4n) is 2.85. The third kappa shape index (κ3) is 3.20. The lowest BCUT2D eigenvalue weighted by Gasteiger charge is -2.05. The molecule has 27 heavy (non-hydrogen) atoms. The Balaban J connectivity index is 1.67. The number of hydrogen-bond donors (Lipinski definition) is 2. The summed E-state index contributed by atoms with van der Waals surface area (Å²) in [6.07, 6.45) is 0. The number of para-hydroxylation sites is 1. The van der Waals surface area contributed by atoms with Gasteiger partial charge in [-0.3, -0.25) is 9.59 Å². The maximum absolute atomic E-state index is 12.7. The first kappa shape index (κ1) is 17.0. The Hall–Kier alpha value is -3.45. The van der Waals surface area contributed by atoms with E-state index in [0.717, 1.165) is 21.6 Å². The van der Waals surface area contributed by atoms with E-state index in [0.29, 0.717) is 16.1 Å². The number of aromatic nitrogens is 2. The molecule has 2 aromatic carbocycles. The van der Waals surface area contributed by atoms with Crippen LogP contribution in [0.3, 0.4) is 0 Å². The predicted molar refractivity (Wildman–Crippen MR) is 107 cm³/mol. The Morgan fingerprint density at radius 3 is 2.59 bits per heavy atom. The highest BCUT2D eigenvalue weighted by Gasteiger charge is 2.17. The first-order valence-electron chi connectivity index (χ1n) is 8.29. The summed E-state index contributed by atoms with van der Waals surface area (Å²) in [5.41, 5.74) is 7.97. The van der Waals surface area contributed by atoms with Crippen LogP contribution in [0.4, 0.5) is 5.69 Å². The Labute approximate surface area is 159 Å². The first-order valence-corrected chi connectivity index (χ1v) is 9.10. The van der Waals surface area contributed by atoms with Crippen molar-refractivity contribution in [2.45, 2.75) is 6.92 Å². The number of benzene rings is 2. The molecule has 3 N–H and O–H groups in total. The smallest absolute Gasteiger partial charge is 0.265 e. The minimum atomic E-state index is -0.536. The fraction of sp³-hybridized carbons (Fsp3) is 0.0500. The van der Waals surface area contributed by atoms with Gasteiger partial charge in [0.25, 0.3) is 5.91 Å². The van der Waals surface area contributed by atoms with Crippen LogP contribution in [-0.4, -0.2) is 21.6 Å². The Morgan fingerprint density at radius 2 is 1.85 bits per heavy atom. The molecule has 2 aromatic heterocycles. The van der Waals surface area contributed by atoms with Crippen LogP contribution < -0.4 is 11.1 Å². The second-order valence-corrected chi connectivity index (χ2v) is 7.09. The van der Waals surface area contributed by atoms with Gasteiger partial charge in [-0.15, -0.1) is 11.3 Å². The highest BCUT2D eigenvalue weighted by atomic mass is 32.1. The normalized spacial score (nSPS) is 10.9. The van der Waals surface area contributed by atoms with Crippen LogP contribution in [0.2, 0.25) is 0 Å². The monoisotopic (exact) mass is 376 g/mol. The number of primary amides is 1. The summed E-state index contributed by atoms with van der Waals surface area (Å²) in [5, 5.41) is 8.34. The van der Waals surface area contributed by atoms with Gasteiger partial charge in [0.15, 0.2) is 0 Å². The Kier molecular flexibility index (Phi) is 4.21. The number of carbonyl (C=O) groups excluding carboxylic acids is 2. The van der Waals surface area contributed by atoms with Gasteiger partial charge in [0.05, 0.1) is 16.3 Å². The van der Waals surface area contributed by atoms with Crippen molar-refractivity contribution >= 4 is 39.1 Å². The number of thiophene rings is 1. The zero-order valence-electron chi connectivity index (χ0n) is 14.5. The van der Waals surface area contributed by atoms with E-state index >= 15 is 0 Å². The van der Waals surface area contributed by atoms with Gasteiger partial charge in [0.1, 0.15) is 4.83 Å².